The van der Waals surface area contributed by atoms with Gasteiger partial charge in [-0.1, -0.05) is 24.3 Å². The summed E-state index contributed by atoms with van der Waals surface area (Å²) in [4.78, 5) is 0. The molecule has 1 fully saturated rings. The van der Waals surface area contributed by atoms with Crippen LogP contribution >= 0.6 is 12.2 Å². The smallest absolute Gasteiger partial charge is 0.208 e. The number of allylic oxidation sites excluding steroid dienone is 4. The molecule has 0 bridgehead atoms. The standard InChI is InChI=1S/C14H14N4OS/c1-19-10-6-7-11(13-16-17-14(20)18(13)15)12(8-10)9-4-2-3-5-9/h2-8,16H,15H2,1H3,(H,17,20). The number of hydrogen-bond acceptors (Lipinski definition) is 4. The SMILES string of the molecule is COc1ccc(=C2NNC(=S)N2N)c(=C2C=CC=C2)c1. The Hall–Kier alpha value is -2.31. The molecule has 0 saturated carbocycles. The number of rotatable bonds is 1. The highest BCUT2D eigenvalue weighted by atomic mass is 32.1. The van der Waals surface area contributed by atoms with Gasteiger partial charge in [-0.25, -0.2) is 10.9 Å². The van der Waals surface area contributed by atoms with E-state index in [1.165, 1.54) is 5.01 Å². The molecule has 2 aliphatic rings. The molecule has 0 radical (unpaired) electrons. The molecular weight excluding hydrogens is 272 g/mol. The Morgan fingerprint density at radius 1 is 1.15 bits per heavy atom. The molecule has 6 heteroatoms. The van der Waals surface area contributed by atoms with Crippen LogP contribution in [0.3, 0.4) is 0 Å². The van der Waals surface area contributed by atoms with Gasteiger partial charge in [-0.05, 0) is 41.2 Å². The number of nitrogens with two attached hydrogens (primary N) is 1. The molecule has 0 unspecified atom stereocenters. The fourth-order valence-corrected chi connectivity index (χ4v) is 2.32. The van der Waals surface area contributed by atoms with Crippen molar-refractivity contribution < 1.29 is 4.74 Å². The van der Waals surface area contributed by atoms with Crippen LogP contribution < -0.4 is 31.9 Å². The van der Waals surface area contributed by atoms with Gasteiger partial charge in [0, 0.05) is 5.22 Å². The summed E-state index contributed by atoms with van der Waals surface area (Å²) in [6.07, 6.45) is 8.07. The van der Waals surface area contributed by atoms with Crippen molar-refractivity contribution in [1.82, 2.24) is 15.9 Å². The number of benzene rings is 1. The van der Waals surface area contributed by atoms with Crippen molar-refractivity contribution in [2.45, 2.75) is 0 Å². The van der Waals surface area contributed by atoms with Crippen molar-refractivity contribution in [2.75, 3.05) is 7.11 Å². The summed E-state index contributed by atoms with van der Waals surface area (Å²) in [5.41, 5.74) is 6.93. The third kappa shape index (κ3) is 2.04. The molecule has 0 spiro atoms. The summed E-state index contributed by atoms with van der Waals surface area (Å²) in [7, 11) is 1.65. The van der Waals surface area contributed by atoms with Crippen LogP contribution in [0.15, 0.2) is 42.5 Å². The van der Waals surface area contributed by atoms with E-state index in [0.29, 0.717) is 10.9 Å². The highest BCUT2D eigenvalue weighted by Crippen LogP contribution is 2.09. The van der Waals surface area contributed by atoms with Gasteiger partial charge >= 0.3 is 0 Å². The number of hydrogen-bond donors (Lipinski definition) is 3. The third-order valence-corrected chi connectivity index (χ3v) is 3.50. The Labute approximate surface area is 121 Å². The minimum absolute atomic E-state index is 0.435. The molecule has 1 aliphatic heterocycles. The summed E-state index contributed by atoms with van der Waals surface area (Å²) >= 11 is 5.09. The van der Waals surface area contributed by atoms with Gasteiger partial charge in [-0.2, -0.15) is 0 Å². The van der Waals surface area contributed by atoms with E-state index in [2.05, 4.69) is 10.9 Å². The lowest BCUT2D eigenvalue weighted by Gasteiger charge is -2.10. The van der Waals surface area contributed by atoms with E-state index >= 15 is 0 Å². The highest BCUT2D eigenvalue weighted by molar-refractivity contribution is 7.80. The first-order valence-corrected chi connectivity index (χ1v) is 6.50. The second-order valence-corrected chi connectivity index (χ2v) is 4.75. The van der Waals surface area contributed by atoms with Crippen LogP contribution in [0.1, 0.15) is 0 Å². The van der Waals surface area contributed by atoms with Gasteiger partial charge < -0.3 is 4.74 Å². The fraction of sp³-hybridized carbons (Fsp3) is 0.0714. The number of hydrazine groups is 2. The Kier molecular flexibility index (Phi) is 3.17. The molecule has 0 aromatic heterocycles. The fourth-order valence-electron chi connectivity index (χ4n) is 2.18. The summed E-state index contributed by atoms with van der Waals surface area (Å²) in [6.45, 7) is 0. The Morgan fingerprint density at radius 3 is 2.50 bits per heavy atom. The molecule has 4 N–H and O–H groups in total. The lowest BCUT2D eigenvalue weighted by Crippen LogP contribution is -2.39. The van der Waals surface area contributed by atoms with Crippen molar-refractivity contribution >= 4 is 28.7 Å². The molecule has 1 aromatic carbocycles. The molecule has 1 aromatic rings. The summed E-state index contributed by atoms with van der Waals surface area (Å²) in [5.74, 6) is 7.46. The first-order chi connectivity index (χ1) is 9.70. The number of nitrogens with one attached hydrogen (secondary N) is 2. The van der Waals surface area contributed by atoms with Crippen LogP contribution in [0, 0.1) is 0 Å². The summed E-state index contributed by atoms with van der Waals surface area (Å²) < 4.78 is 5.30. The Morgan fingerprint density at radius 2 is 1.90 bits per heavy atom. The average molecular weight is 286 g/mol. The van der Waals surface area contributed by atoms with E-state index in [1.54, 1.807) is 7.11 Å². The average Bonchev–Trinajstić information content (AvgIpc) is 3.10. The molecule has 1 aliphatic carbocycles. The van der Waals surface area contributed by atoms with Crippen LogP contribution in [0.5, 0.6) is 5.75 Å². The van der Waals surface area contributed by atoms with Gasteiger partial charge in [0.25, 0.3) is 0 Å². The topological polar surface area (TPSA) is 62.5 Å². The first-order valence-electron chi connectivity index (χ1n) is 6.09. The van der Waals surface area contributed by atoms with Crippen LogP contribution in [-0.4, -0.2) is 17.2 Å². The normalized spacial score (nSPS) is 19.4. The van der Waals surface area contributed by atoms with Gasteiger partial charge in [0.15, 0.2) is 0 Å². The number of methoxy groups -OCH3 is 1. The number of ether oxygens (including phenoxy) is 1. The number of thiocarbonyl (C=S) groups is 1. The zero-order chi connectivity index (χ0) is 14.1. The maximum absolute atomic E-state index is 5.95. The Bertz CT molecular complexity index is 737. The predicted molar refractivity (Wildman–Crippen MR) is 82.2 cm³/mol. The minimum Gasteiger partial charge on any atom is -0.497 e. The second-order valence-electron chi connectivity index (χ2n) is 4.36. The largest absolute Gasteiger partial charge is 0.497 e. The van der Waals surface area contributed by atoms with Gasteiger partial charge in [0.1, 0.15) is 11.6 Å². The van der Waals surface area contributed by atoms with E-state index in [1.807, 2.05) is 42.5 Å². The molecule has 3 rings (SSSR count). The van der Waals surface area contributed by atoms with E-state index in [0.717, 1.165) is 21.8 Å². The second kappa shape index (κ2) is 4.99. The molecule has 1 saturated heterocycles. The number of nitrogens with zero attached hydrogens (tertiary/aromatic N) is 1. The molecule has 0 amide bonds. The van der Waals surface area contributed by atoms with Crippen molar-refractivity contribution in [1.29, 1.82) is 0 Å². The zero-order valence-electron chi connectivity index (χ0n) is 10.9. The van der Waals surface area contributed by atoms with Gasteiger partial charge in [0.05, 0.1) is 7.11 Å². The highest BCUT2D eigenvalue weighted by Gasteiger charge is 2.19. The first kappa shape index (κ1) is 12.7. The molecule has 1 heterocycles. The van der Waals surface area contributed by atoms with E-state index in [-0.39, 0.29) is 0 Å². The van der Waals surface area contributed by atoms with Gasteiger partial charge in [0.2, 0.25) is 5.11 Å². The lowest BCUT2D eigenvalue weighted by atomic mass is 10.1. The van der Waals surface area contributed by atoms with Crippen LogP contribution in [0.4, 0.5) is 0 Å². The van der Waals surface area contributed by atoms with Gasteiger partial charge in [-0.3, -0.25) is 10.9 Å². The van der Waals surface area contributed by atoms with Crippen LogP contribution in [0.2, 0.25) is 0 Å². The van der Waals surface area contributed by atoms with E-state index in [4.69, 9.17) is 22.8 Å². The van der Waals surface area contributed by atoms with Crippen molar-refractivity contribution in [3.63, 3.8) is 0 Å². The third-order valence-electron chi connectivity index (χ3n) is 3.20. The maximum Gasteiger partial charge on any atom is 0.208 e. The lowest BCUT2D eigenvalue weighted by molar-refractivity contribution is 0.414. The Balaban J connectivity index is 2.36. The molecular formula is C14H14N4OS. The minimum atomic E-state index is 0.435. The summed E-state index contributed by atoms with van der Waals surface area (Å²) in [6, 6.07) is 5.83. The van der Waals surface area contributed by atoms with E-state index < -0.39 is 0 Å². The molecule has 0 atom stereocenters. The zero-order valence-corrected chi connectivity index (χ0v) is 11.7. The van der Waals surface area contributed by atoms with Crippen molar-refractivity contribution in [3.05, 3.63) is 52.9 Å². The monoisotopic (exact) mass is 286 g/mol. The quantitative estimate of drug-likeness (QED) is 0.483. The maximum atomic E-state index is 5.95. The van der Waals surface area contributed by atoms with Crippen LogP contribution in [-0.2, 0) is 0 Å². The van der Waals surface area contributed by atoms with Crippen LogP contribution in [0.25, 0.3) is 11.4 Å². The van der Waals surface area contributed by atoms with Gasteiger partial charge in [-0.15, -0.1) is 0 Å². The van der Waals surface area contributed by atoms with Crippen molar-refractivity contribution in [3.8, 4) is 5.75 Å². The van der Waals surface area contributed by atoms with E-state index in [9.17, 15) is 0 Å². The molecule has 20 heavy (non-hydrogen) atoms. The van der Waals surface area contributed by atoms with Crippen molar-refractivity contribution in [2.24, 2.45) is 5.84 Å². The summed E-state index contributed by atoms with van der Waals surface area (Å²) in [5, 5.41) is 3.83. The predicted octanol–water partition coefficient (Wildman–Crippen LogP) is -0.394. The molecule has 5 nitrogen and oxygen atoms in total. The molecule has 102 valence electrons.